The monoisotopic (exact) mass is 287 g/mol. The molecule has 0 atom stereocenters. The highest BCUT2D eigenvalue weighted by atomic mass is 16.5. The summed E-state index contributed by atoms with van der Waals surface area (Å²) < 4.78 is 7.64. The van der Waals surface area contributed by atoms with Crippen LogP contribution in [0.5, 0.6) is 0 Å². The summed E-state index contributed by atoms with van der Waals surface area (Å²) in [6.07, 6.45) is 2.11. The van der Waals surface area contributed by atoms with E-state index >= 15 is 0 Å². The minimum atomic E-state index is -0.0406. The molecule has 0 saturated carbocycles. The van der Waals surface area contributed by atoms with Gasteiger partial charge in [0.2, 0.25) is 5.91 Å². The molecule has 0 radical (unpaired) electrons. The fourth-order valence-electron chi connectivity index (χ4n) is 2.75. The molecule has 1 aromatic carbocycles. The van der Waals surface area contributed by atoms with Gasteiger partial charge in [-0.1, -0.05) is 0 Å². The van der Waals surface area contributed by atoms with Crippen LogP contribution in [0, 0.1) is 0 Å². The summed E-state index contributed by atoms with van der Waals surface area (Å²) in [5, 5.41) is 3.98. The number of rotatable bonds is 4. The van der Waals surface area contributed by atoms with Crippen LogP contribution in [0.25, 0.3) is 10.9 Å². The van der Waals surface area contributed by atoms with Crippen molar-refractivity contribution in [3.8, 4) is 0 Å². The second kappa shape index (κ2) is 6.28. The van der Waals surface area contributed by atoms with Crippen LogP contribution in [0.2, 0.25) is 0 Å². The lowest BCUT2D eigenvalue weighted by Gasteiger charge is -2.26. The minimum Gasteiger partial charge on any atom is -0.379 e. The maximum absolute atomic E-state index is 11.1. The third kappa shape index (κ3) is 3.43. The summed E-state index contributed by atoms with van der Waals surface area (Å²) >= 11 is 0. The van der Waals surface area contributed by atoms with E-state index in [4.69, 9.17) is 4.74 Å². The average Bonchev–Trinajstić information content (AvgIpc) is 2.88. The number of nitrogens with one attached hydrogen (secondary N) is 1. The second-order valence-corrected chi connectivity index (χ2v) is 5.42. The summed E-state index contributed by atoms with van der Waals surface area (Å²) in [5.41, 5.74) is 2.05. The number of hydrogen-bond donors (Lipinski definition) is 1. The van der Waals surface area contributed by atoms with Gasteiger partial charge in [-0.3, -0.25) is 9.69 Å². The molecule has 1 fully saturated rings. The molecule has 0 bridgehead atoms. The van der Waals surface area contributed by atoms with E-state index < -0.39 is 0 Å². The molecule has 0 spiro atoms. The van der Waals surface area contributed by atoms with Gasteiger partial charge in [-0.25, -0.2) is 0 Å². The predicted octanol–water partition coefficient (Wildman–Crippen LogP) is 1.93. The zero-order valence-corrected chi connectivity index (χ0v) is 12.3. The quantitative estimate of drug-likeness (QED) is 0.934. The molecule has 2 heterocycles. The molecule has 1 saturated heterocycles. The van der Waals surface area contributed by atoms with Gasteiger partial charge in [0, 0.05) is 55.9 Å². The maximum atomic E-state index is 11.1. The van der Waals surface area contributed by atoms with Crippen LogP contribution in [-0.2, 0) is 16.1 Å². The number of anilines is 1. The fourth-order valence-corrected chi connectivity index (χ4v) is 2.75. The highest BCUT2D eigenvalue weighted by Gasteiger charge is 2.10. The first-order chi connectivity index (χ1) is 10.2. The predicted molar refractivity (Wildman–Crippen MR) is 83.5 cm³/mol. The first-order valence-electron chi connectivity index (χ1n) is 7.39. The Balaban J connectivity index is 1.69. The Bertz CT molecular complexity index is 629. The number of ether oxygens (including phenoxy) is 1. The van der Waals surface area contributed by atoms with Gasteiger partial charge >= 0.3 is 0 Å². The number of carbonyl (C=O) groups is 1. The fraction of sp³-hybridized carbons (Fsp3) is 0.438. The highest BCUT2D eigenvalue weighted by Crippen LogP contribution is 2.20. The molecule has 112 valence electrons. The van der Waals surface area contributed by atoms with Crippen molar-refractivity contribution in [2.24, 2.45) is 0 Å². The van der Waals surface area contributed by atoms with E-state index in [0.29, 0.717) is 0 Å². The molecule has 1 aliphatic heterocycles. The van der Waals surface area contributed by atoms with Crippen molar-refractivity contribution in [2.45, 2.75) is 13.5 Å². The molecule has 5 heteroatoms. The third-order valence-electron chi connectivity index (χ3n) is 3.85. The molecule has 21 heavy (non-hydrogen) atoms. The number of nitrogens with zero attached hydrogens (tertiary/aromatic N) is 2. The van der Waals surface area contributed by atoms with Crippen molar-refractivity contribution in [2.75, 3.05) is 38.2 Å². The Hall–Kier alpha value is -1.85. The molecule has 1 aromatic heterocycles. The first-order valence-corrected chi connectivity index (χ1v) is 7.39. The van der Waals surface area contributed by atoms with Crippen LogP contribution in [-0.4, -0.2) is 48.2 Å². The third-order valence-corrected chi connectivity index (χ3v) is 3.85. The normalized spacial score (nSPS) is 16.2. The number of aromatic nitrogens is 1. The van der Waals surface area contributed by atoms with Gasteiger partial charge in [0.25, 0.3) is 0 Å². The number of fused-ring (bicyclic) bond motifs is 1. The van der Waals surface area contributed by atoms with Crippen LogP contribution < -0.4 is 5.32 Å². The number of hydrogen-bond acceptors (Lipinski definition) is 3. The zero-order chi connectivity index (χ0) is 14.7. The molecular formula is C16H21N3O2. The van der Waals surface area contributed by atoms with Crippen molar-refractivity contribution in [3.63, 3.8) is 0 Å². The summed E-state index contributed by atoms with van der Waals surface area (Å²) in [7, 11) is 0. The van der Waals surface area contributed by atoms with Gasteiger partial charge < -0.3 is 14.6 Å². The standard InChI is InChI=1S/C16H21N3O2/c1-13(20)17-15-2-3-16-14(12-15)4-5-19(16)7-6-18-8-10-21-11-9-18/h2-5,12H,6-11H2,1H3,(H,17,20). The Labute approximate surface area is 124 Å². The van der Waals surface area contributed by atoms with Crippen molar-refractivity contribution < 1.29 is 9.53 Å². The van der Waals surface area contributed by atoms with Gasteiger partial charge in [-0.2, -0.15) is 0 Å². The van der Waals surface area contributed by atoms with E-state index in [0.717, 1.165) is 50.5 Å². The van der Waals surface area contributed by atoms with Crippen molar-refractivity contribution >= 4 is 22.5 Å². The Morgan fingerprint density at radius 1 is 1.24 bits per heavy atom. The lowest BCUT2D eigenvalue weighted by atomic mass is 10.2. The Morgan fingerprint density at radius 2 is 2.05 bits per heavy atom. The molecule has 0 aliphatic carbocycles. The van der Waals surface area contributed by atoms with Crippen LogP contribution in [0.1, 0.15) is 6.92 Å². The van der Waals surface area contributed by atoms with Crippen LogP contribution in [0.3, 0.4) is 0 Å². The largest absolute Gasteiger partial charge is 0.379 e. The zero-order valence-electron chi connectivity index (χ0n) is 12.3. The van der Waals surface area contributed by atoms with Gasteiger partial charge in [-0.15, -0.1) is 0 Å². The molecular weight excluding hydrogens is 266 g/mol. The number of carbonyl (C=O) groups excluding carboxylic acids is 1. The number of amides is 1. The molecule has 1 N–H and O–H groups in total. The van der Waals surface area contributed by atoms with Gasteiger partial charge in [0.1, 0.15) is 0 Å². The van der Waals surface area contributed by atoms with E-state index in [1.54, 1.807) is 0 Å². The molecule has 1 amide bonds. The van der Waals surface area contributed by atoms with E-state index in [2.05, 4.69) is 33.1 Å². The number of benzene rings is 1. The van der Waals surface area contributed by atoms with Crippen molar-refractivity contribution in [3.05, 3.63) is 30.5 Å². The van der Waals surface area contributed by atoms with Crippen molar-refractivity contribution in [1.82, 2.24) is 9.47 Å². The van der Waals surface area contributed by atoms with Crippen LogP contribution in [0.15, 0.2) is 30.5 Å². The number of morpholine rings is 1. The Kier molecular flexibility index (Phi) is 4.22. The Morgan fingerprint density at radius 3 is 2.81 bits per heavy atom. The minimum absolute atomic E-state index is 0.0406. The first kappa shape index (κ1) is 14.1. The summed E-state index contributed by atoms with van der Waals surface area (Å²) in [6.45, 7) is 7.26. The maximum Gasteiger partial charge on any atom is 0.221 e. The molecule has 3 rings (SSSR count). The van der Waals surface area contributed by atoms with Gasteiger partial charge in [-0.05, 0) is 24.3 Å². The molecule has 0 unspecified atom stereocenters. The van der Waals surface area contributed by atoms with E-state index in [9.17, 15) is 4.79 Å². The highest BCUT2D eigenvalue weighted by molar-refractivity contribution is 5.92. The molecule has 1 aliphatic rings. The van der Waals surface area contributed by atoms with Crippen LogP contribution >= 0.6 is 0 Å². The molecule has 2 aromatic rings. The van der Waals surface area contributed by atoms with Crippen LogP contribution in [0.4, 0.5) is 5.69 Å². The summed E-state index contributed by atoms with van der Waals surface area (Å²) in [4.78, 5) is 13.5. The summed E-state index contributed by atoms with van der Waals surface area (Å²) in [6, 6.07) is 8.14. The van der Waals surface area contributed by atoms with Gasteiger partial charge in [0.05, 0.1) is 13.2 Å². The molecule has 5 nitrogen and oxygen atoms in total. The van der Waals surface area contributed by atoms with E-state index in [-0.39, 0.29) is 5.91 Å². The lowest BCUT2D eigenvalue weighted by molar-refractivity contribution is -0.114. The second-order valence-electron chi connectivity index (χ2n) is 5.42. The SMILES string of the molecule is CC(=O)Nc1ccc2c(ccn2CCN2CCOCC2)c1. The smallest absolute Gasteiger partial charge is 0.221 e. The summed E-state index contributed by atoms with van der Waals surface area (Å²) in [5.74, 6) is -0.0406. The average molecular weight is 287 g/mol. The van der Waals surface area contributed by atoms with E-state index in [1.165, 1.54) is 12.4 Å². The van der Waals surface area contributed by atoms with E-state index in [1.807, 2.05) is 12.1 Å². The van der Waals surface area contributed by atoms with Gasteiger partial charge in [0.15, 0.2) is 0 Å². The van der Waals surface area contributed by atoms with Crippen molar-refractivity contribution in [1.29, 1.82) is 0 Å². The topological polar surface area (TPSA) is 46.5 Å². The lowest BCUT2D eigenvalue weighted by Crippen LogP contribution is -2.38.